The van der Waals surface area contributed by atoms with E-state index in [9.17, 15) is 4.79 Å². The number of rotatable bonds is 3. The van der Waals surface area contributed by atoms with Gasteiger partial charge in [-0.05, 0) is 24.8 Å². The van der Waals surface area contributed by atoms with Gasteiger partial charge in [0.15, 0.2) is 0 Å². The first-order valence-corrected chi connectivity index (χ1v) is 6.14. The van der Waals surface area contributed by atoms with Crippen molar-refractivity contribution in [3.63, 3.8) is 0 Å². The van der Waals surface area contributed by atoms with Crippen LogP contribution in [0.2, 0.25) is 0 Å². The van der Waals surface area contributed by atoms with Crippen LogP contribution in [0.4, 0.5) is 0 Å². The van der Waals surface area contributed by atoms with Gasteiger partial charge in [-0.1, -0.05) is 11.8 Å². The molecule has 0 radical (unpaired) electrons. The van der Waals surface area contributed by atoms with Crippen molar-refractivity contribution in [1.82, 2.24) is 5.32 Å². The van der Waals surface area contributed by atoms with E-state index in [1.165, 1.54) is 24.2 Å². The highest BCUT2D eigenvalue weighted by Gasteiger charge is 2.21. The average molecular weight is 235 g/mol. The van der Waals surface area contributed by atoms with Crippen molar-refractivity contribution >= 4 is 17.2 Å². The Morgan fingerprint density at radius 1 is 1.62 bits per heavy atom. The van der Waals surface area contributed by atoms with Crippen LogP contribution in [-0.4, -0.2) is 24.2 Å². The van der Waals surface area contributed by atoms with Crippen molar-refractivity contribution in [2.75, 3.05) is 13.2 Å². The Balaban J connectivity index is 1.91. The zero-order valence-corrected chi connectivity index (χ0v) is 9.64. The van der Waals surface area contributed by atoms with E-state index in [0.717, 1.165) is 11.4 Å². The monoisotopic (exact) mass is 235 g/mol. The lowest BCUT2D eigenvalue weighted by molar-refractivity contribution is 0.0952. The van der Waals surface area contributed by atoms with E-state index < -0.39 is 0 Å². The van der Waals surface area contributed by atoms with Gasteiger partial charge in [0.25, 0.3) is 5.91 Å². The summed E-state index contributed by atoms with van der Waals surface area (Å²) >= 11 is 1.42. The molecule has 0 atom stereocenters. The molecule has 2 N–H and O–H groups in total. The number of carbonyl (C=O) groups excluding carboxylic acids is 1. The Morgan fingerprint density at radius 3 is 3.12 bits per heavy atom. The van der Waals surface area contributed by atoms with Crippen molar-refractivity contribution in [3.05, 3.63) is 21.9 Å². The number of amides is 1. The van der Waals surface area contributed by atoms with Crippen molar-refractivity contribution in [3.8, 4) is 11.8 Å². The van der Waals surface area contributed by atoms with Crippen LogP contribution in [0.3, 0.4) is 0 Å². The van der Waals surface area contributed by atoms with E-state index in [1.807, 2.05) is 0 Å². The van der Waals surface area contributed by atoms with Crippen LogP contribution in [-0.2, 0) is 0 Å². The average Bonchev–Trinajstić information content (AvgIpc) is 3.00. The molecule has 1 heterocycles. The first-order valence-electron chi connectivity index (χ1n) is 5.26. The molecular formula is C12H13NO2S. The topological polar surface area (TPSA) is 49.3 Å². The van der Waals surface area contributed by atoms with Gasteiger partial charge >= 0.3 is 0 Å². The quantitative estimate of drug-likeness (QED) is 0.774. The Morgan fingerprint density at radius 2 is 2.44 bits per heavy atom. The molecular weight excluding hydrogens is 222 g/mol. The molecule has 1 aromatic heterocycles. The SMILES string of the molecule is O=C(NCC1CC1)c1csc(C#CCO)c1. The fourth-order valence-electron chi connectivity index (χ4n) is 1.31. The van der Waals surface area contributed by atoms with Crippen LogP contribution in [0.5, 0.6) is 0 Å². The predicted molar refractivity (Wildman–Crippen MR) is 63.3 cm³/mol. The normalized spacial score (nSPS) is 14.1. The maximum atomic E-state index is 11.7. The van der Waals surface area contributed by atoms with Gasteiger partial charge in [-0.15, -0.1) is 11.3 Å². The predicted octanol–water partition coefficient (Wildman–Crippen LogP) is 1.23. The minimum Gasteiger partial charge on any atom is -0.384 e. The zero-order chi connectivity index (χ0) is 11.4. The number of hydrogen-bond acceptors (Lipinski definition) is 3. The van der Waals surface area contributed by atoms with Gasteiger partial charge in [0.1, 0.15) is 6.61 Å². The molecule has 1 saturated carbocycles. The highest BCUT2D eigenvalue weighted by molar-refractivity contribution is 7.10. The third kappa shape index (κ3) is 3.09. The van der Waals surface area contributed by atoms with Gasteiger partial charge in [-0.2, -0.15) is 0 Å². The summed E-state index contributed by atoms with van der Waals surface area (Å²) in [5.41, 5.74) is 0.660. The Labute approximate surface area is 98.5 Å². The third-order valence-corrected chi connectivity index (χ3v) is 3.25. The number of nitrogens with one attached hydrogen (secondary N) is 1. The van der Waals surface area contributed by atoms with Crippen LogP contribution >= 0.6 is 11.3 Å². The minimum atomic E-state index is -0.152. The summed E-state index contributed by atoms with van der Waals surface area (Å²) in [6.45, 7) is 0.632. The van der Waals surface area contributed by atoms with Crippen LogP contribution in [0.15, 0.2) is 11.4 Å². The second-order valence-electron chi connectivity index (χ2n) is 3.81. The zero-order valence-electron chi connectivity index (χ0n) is 8.82. The largest absolute Gasteiger partial charge is 0.384 e. The number of hydrogen-bond donors (Lipinski definition) is 2. The lowest BCUT2D eigenvalue weighted by atomic mass is 10.3. The van der Waals surface area contributed by atoms with E-state index >= 15 is 0 Å². The van der Waals surface area contributed by atoms with E-state index in [0.29, 0.717) is 11.5 Å². The van der Waals surface area contributed by atoms with Gasteiger partial charge in [0.05, 0.1) is 10.4 Å². The van der Waals surface area contributed by atoms with Gasteiger partial charge in [-0.3, -0.25) is 4.79 Å². The Hall–Kier alpha value is -1.31. The van der Waals surface area contributed by atoms with Gasteiger partial charge < -0.3 is 10.4 Å². The molecule has 16 heavy (non-hydrogen) atoms. The fourth-order valence-corrected chi connectivity index (χ4v) is 2.06. The summed E-state index contributed by atoms with van der Waals surface area (Å²) in [6.07, 6.45) is 2.47. The van der Waals surface area contributed by atoms with Gasteiger partial charge in [-0.25, -0.2) is 0 Å². The molecule has 1 amide bonds. The minimum absolute atomic E-state index is 0.0276. The van der Waals surface area contributed by atoms with Gasteiger partial charge in [0, 0.05) is 11.9 Å². The van der Waals surface area contributed by atoms with Crippen molar-refractivity contribution in [2.24, 2.45) is 5.92 Å². The number of carbonyl (C=O) groups is 1. The lowest BCUT2D eigenvalue weighted by Crippen LogP contribution is -2.24. The molecule has 3 nitrogen and oxygen atoms in total. The molecule has 0 spiro atoms. The molecule has 4 heteroatoms. The first-order chi connectivity index (χ1) is 7.79. The van der Waals surface area contributed by atoms with E-state index in [1.54, 1.807) is 11.4 Å². The van der Waals surface area contributed by atoms with Crippen LogP contribution < -0.4 is 5.32 Å². The summed E-state index contributed by atoms with van der Waals surface area (Å²) in [4.78, 5) is 12.5. The number of thiophene rings is 1. The maximum absolute atomic E-state index is 11.7. The third-order valence-electron chi connectivity index (χ3n) is 2.40. The van der Waals surface area contributed by atoms with Crippen LogP contribution in [0.1, 0.15) is 28.1 Å². The molecule has 0 bridgehead atoms. The summed E-state index contributed by atoms with van der Waals surface area (Å²) < 4.78 is 0. The summed E-state index contributed by atoms with van der Waals surface area (Å²) in [5.74, 6) is 6.01. The highest BCUT2D eigenvalue weighted by Crippen LogP contribution is 2.27. The second-order valence-corrected chi connectivity index (χ2v) is 4.72. The molecule has 0 saturated heterocycles. The maximum Gasteiger partial charge on any atom is 0.252 e. The summed E-state index contributed by atoms with van der Waals surface area (Å²) in [5, 5.41) is 13.2. The molecule has 0 aliphatic heterocycles. The molecule has 84 valence electrons. The van der Waals surface area contributed by atoms with Crippen molar-refractivity contribution in [1.29, 1.82) is 0 Å². The molecule has 0 unspecified atom stereocenters. The van der Waals surface area contributed by atoms with Crippen molar-refractivity contribution < 1.29 is 9.90 Å². The smallest absolute Gasteiger partial charge is 0.252 e. The molecule has 1 aliphatic carbocycles. The van der Waals surface area contributed by atoms with Crippen LogP contribution in [0.25, 0.3) is 0 Å². The van der Waals surface area contributed by atoms with Crippen LogP contribution in [0, 0.1) is 17.8 Å². The number of aliphatic hydroxyl groups is 1. The number of aliphatic hydroxyl groups excluding tert-OH is 1. The highest BCUT2D eigenvalue weighted by atomic mass is 32.1. The Bertz CT molecular complexity index is 437. The van der Waals surface area contributed by atoms with E-state index in [2.05, 4.69) is 17.2 Å². The molecule has 1 fully saturated rings. The lowest BCUT2D eigenvalue weighted by Gasteiger charge is -2.00. The molecule has 0 aromatic carbocycles. The first kappa shape index (κ1) is 11.2. The summed E-state index contributed by atoms with van der Waals surface area (Å²) in [6, 6.07) is 1.76. The molecule has 1 aromatic rings. The van der Waals surface area contributed by atoms with Gasteiger partial charge in [0.2, 0.25) is 0 Å². The van der Waals surface area contributed by atoms with E-state index in [-0.39, 0.29) is 12.5 Å². The Kier molecular flexibility index (Phi) is 3.60. The second kappa shape index (κ2) is 5.15. The van der Waals surface area contributed by atoms with Crippen molar-refractivity contribution in [2.45, 2.75) is 12.8 Å². The molecule has 2 rings (SSSR count). The molecule has 1 aliphatic rings. The standard InChI is InChI=1S/C12H13NO2S/c14-5-1-2-11-6-10(8-16-11)12(15)13-7-9-3-4-9/h6,8-9,14H,3-5,7H2,(H,13,15). The fraction of sp³-hybridized carbons (Fsp3) is 0.417. The summed E-state index contributed by atoms with van der Waals surface area (Å²) in [7, 11) is 0. The van der Waals surface area contributed by atoms with E-state index in [4.69, 9.17) is 5.11 Å².